The van der Waals surface area contributed by atoms with Crippen molar-refractivity contribution in [3.05, 3.63) is 64.7 Å². The van der Waals surface area contributed by atoms with Crippen LogP contribution in [-0.4, -0.2) is 22.4 Å². The number of carbonyl (C=O) groups is 2. The third-order valence-corrected chi connectivity index (χ3v) is 5.81. The highest BCUT2D eigenvalue weighted by Gasteiger charge is 2.17. The van der Waals surface area contributed by atoms with Gasteiger partial charge in [-0.1, -0.05) is 30.0 Å². The summed E-state index contributed by atoms with van der Waals surface area (Å²) in [6.07, 6.45) is 1.15. The molecule has 2 heterocycles. The van der Waals surface area contributed by atoms with Crippen molar-refractivity contribution >= 4 is 40.0 Å². The SMILES string of the molecule is Cc1cc(SCC(=O)c2ccc3c(c2)CCC(=O)N3)nc2c(C)cccc12. The zero-order valence-corrected chi connectivity index (χ0v) is 16.2. The second-order valence-electron chi connectivity index (χ2n) is 6.88. The van der Waals surface area contributed by atoms with Crippen LogP contribution >= 0.6 is 11.8 Å². The van der Waals surface area contributed by atoms with Crippen LogP contribution in [0.15, 0.2) is 47.5 Å². The Kier molecular flexibility index (Phi) is 4.70. The van der Waals surface area contributed by atoms with Crippen LogP contribution in [0.2, 0.25) is 0 Å². The van der Waals surface area contributed by atoms with Gasteiger partial charge in [-0.3, -0.25) is 9.59 Å². The number of rotatable bonds is 4. The first-order chi connectivity index (χ1) is 13.0. The van der Waals surface area contributed by atoms with Crippen LogP contribution in [0.1, 0.15) is 33.5 Å². The molecule has 0 aliphatic carbocycles. The highest BCUT2D eigenvalue weighted by Crippen LogP contribution is 2.27. The number of aryl methyl sites for hydroxylation is 3. The number of fused-ring (bicyclic) bond motifs is 2. The molecule has 1 aliphatic heterocycles. The van der Waals surface area contributed by atoms with E-state index in [9.17, 15) is 9.59 Å². The molecule has 0 spiro atoms. The molecule has 0 saturated heterocycles. The van der Waals surface area contributed by atoms with E-state index in [1.54, 1.807) is 6.07 Å². The number of anilines is 1. The Hall–Kier alpha value is -2.66. The number of hydrogen-bond acceptors (Lipinski definition) is 4. The summed E-state index contributed by atoms with van der Waals surface area (Å²) in [6.45, 7) is 4.13. The summed E-state index contributed by atoms with van der Waals surface area (Å²) in [5, 5.41) is 4.87. The second-order valence-corrected chi connectivity index (χ2v) is 7.88. The first-order valence-electron chi connectivity index (χ1n) is 8.97. The first kappa shape index (κ1) is 17.7. The van der Waals surface area contributed by atoms with E-state index in [0.29, 0.717) is 24.2 Å². The Labute approximate surface area is 162 Å². The van der Waals surface area contributed by atoms with Crippen LogP contribution in [0, 0.1) is 13.8 Å². The molecular weight excluding hydrogens is 356 g/mol. The lowest BCUT2D eigenvalue weighted by atomic mass is 9.99. The summed E-state index contributed by atoms with van der Waals surface area (Å²) in [7, 11) is 0. The number of benzene rings is 2. The molecule has 4 nitrogen and oxygen atoms in total. The van der Waals surface area contributed by atoms with E-state index in [0.717, 1.165) is 32.7 Å². The van der Waals surface area contributed by atoms with Crippen molar-refractivity contribution in [3.63, 3.8) is 0 Å². The number of Topliss-reactive ketones (excluding diaryl/α,β-unsaturated/α-hetero) is 1. The van der Waals surface area contributed by atoms with Gasteiger partial charge < -0.3 is 5.32 Å². The molecule has 1 amide bonds. The Morgan fingerprint density at radius 1 is 1.11 bits per heavy atom. The summed E-state index contributed by atoms with van der Waals surface area (Å²) in [6, 6.07) is 13.7. The minimum absolute atomic E-state index is 0.0326. The van der Waals surface area contributed by atoms with Crippen molar-refractivity contribution < 1.29 is 9.59 Å². The number of ketones is 1. The average Bonchev–Trinajstić information content (AvgIpc) is 2.66. The van der Waals surface area contributed by atoms with Crippen molar-refractivity contribution in [1.29, 1.82) is 0 Å². The fraction of sp³-hybridized carbons (Fsp3) is 0.227. The predicted octanol–water partition coefficient (Wildman–Crippen LogP) is 4.71. The maximum absolute atomic E-state index is 12.6. The number of pyridine rings is 1. The lowest BCUT2D eigenvalue weighted by Crippen LogP contribution is -2.19. The first-order valence-corrected chi connectivity index (χ1v) is 9.95. The van der Waals surface area contributed by atoms with E-state index < -0.39 is 0 Å². The molecular formula is C22H20N2O2S. The van der Waals surface area contributed by atoms with Crippen LogP contribution in [0.25, 0.3) is 10.9 Å². The molecule has 3 aromatic rings. The molecule has 0 saturated carbocycles. The molecule has 136 valence electrons. The smallest absolute Gasteiger partial charge is 0.224 e. The van der Waals surface area contributed by atoms with Crippen LogP contribution in [0.3, 0.4) is 0 Å². The molecule has 2 aromatic carbocycles. The highest BCUT2D eigenvalue weighted by molar-refractivity contribution is 7.99. The van der Waals surface area contributed by atoms with E-state index in [2.05, 4.69) is 31.3 Å². The molecule has 1 aliphatic rings. The number of nitrogens with one attached hydrogen (secondary N) is 1. The average molecular weight is 376 g/mol. The van der Waals surface area contributed by atoms with E-state index in [4.69, 9.17) is 4.98 Å². The van der Waals surface area contributed by atoms with Crippen LogP contribution in [-0.2, 0) is 11.2 Å². The standard InChI is InChI=1S/C22H20N2O2S/c1-13-4-3-5-17-14(2)10-21(24-22(13)17)27-12-19(25)16-6-8-18-15(11-16)7-9-20(26)23-18/h3-6,8,10-11H,7,9,12H2,1-2H3,(H,23,26). The van der Waals surface area contributed by atoms with Gasteiger partial charge in [0.2, 0.25) is 5.91 Å². The molecule has 4 rings (SSSR count). The molecule has 5 heteroatoms. The number of aromatic nitrogens is 1. The fourth-order valence-electron chi connectivity index (χ4n) is 3.38. The number of carbonyl (C=O) groups excluding carboxylic acids is 2. The van der Waals surface area contributed by atoms with Gasteiger partial charge in [-0.05, 0) is 61.2 Å². The largest absolute Gasteiger partial charge is 0.326 e. The normalized spacial score (nSPS) is 13.3. The summed E-state index contributed by atoms with van der Waals surface area (Å²) in [4.78, 5) is 28.9. The zero-order chi connectivity index (χ0) is 19.0. The van der Waals surface area contributed by atoms with E-state index >= 15 is 0 Å². The molecule has 1 N–H and O–H groups in total. The predicted molar refractivity (Wildman–Crippen MR) is 110 cm³/mol. The molecule has 0 radical (unpaired) electrons. The van der Waals surface area contributed by atoms with Gasteiger partial charge in [-0.2, -0.15) is 0 Å². The van der Waals surface area contributed by atoms with E-state index in [1.165, 1.54) is 17.3 Å². The number of thioether (sulfide) groups is 1. The topological polar surface area (TPSA) is 59.1 Å². The lowest BCUT2D eigenvalue weighted by molar-refractivity contribution is -0.116. The van der Waals surface area contributed by atoms with Gasteiger partial charge >= 0.3 is 0 Å². The van der Waals surface area contributed by atoms with Crippen LogP contribution in [0.4, 0.5) is 5.69 Å². The lowest BCUT2D eigenvalue weighted by Gasteiger charge is -2.17. The van der Waals surface area contributed by atoms with Gasteiger partial charge in [-0.25, -0.2) is 4.98 Å². The van der Waals surface area contributed by atoms with Crippen molar-refractivity contribution in [3.8, 4) is 0 Å². The maximum Gasteiger partial charge on any atom is 0.224 e. The fourth-order valence-corrected chi connectivity index (χ4v) is 4.25. The summed E-state index contributed by atoms with van der Waals surface area (Å²) >= 11 is 1.47. The number of amides is 1. The number of hydrogen-bond donors (Lipinski definition) is 1. The Balaban J connectivity index is 1.52. The van der Waals surface area contributed by atoms with Crippen LogP contribution < -0.4 is 5.32 Å². The molecule has 0 bridgehead atoms. The molecule has 0 unspecified atom stereocenters. The molecule has 27 heavy (non-hydrogen) atoms. The van der Waals surface area contributed by atoms with Gasteiger partial charge in [0.1, 0.15) is 0 Å². The van der Waals surface area contributed by atoms with E-state index in [-0.39, 0.29) is 11.7 Å². The van der Waals surface area contributed by atoms with Crippen LogP contribution in [0.5, 0.6) is 0 Å². The highest BCUT2D eigenvalue weighted by atomic mass is 32.2. The Morgan fingerprint density at radius 3 is 2.81 bits per heavy atom. The minimum atomic E-state index is 0.0326. The van der Waals surface area contributed by atoms with Crippen molar-refractivity contribution in [2.24, 2.45) is 0 Å². The third kappa shape index (κ3) is 3.60. The minimum Gasteiger partial charge on any atom is -0.326 e. The summed E-state index contributed by atoms with van der Waals surface area (Å²) in [5.74, 6) is 0.448. The van der Waals surface area contributed by atoms with Crippen molar-refractivity contribution in [1.82, 2.24) is 4.98 Å². The second kappa shape index (κ2) is 7.16. The molecule has 1 aromatic heterocycles. The molecule has 0 atom stereocenters. The van der Waals surface area contributed by atoms with Gasteiger partial charge in [-0.15, -0.1) is 0 Å². The number of para-hydroxylation sites is 1. The van der Waals surface area contributed by atoms with Crippen molar-refractivity contribution in [2.75, 3.05) is 11.1 Å². The van der Waals surface area contributed by atoms with Gasteiger partial charge in [0.25, 0.3) is 0 Å². The Morgan fingerprint density at radius 2 is 1.96 bits per heavy atom. The van der Waals surface area contributed by atoms with Gasteiger partial charge in [0.15, 0.2) is 5.78 Å². The molecule has 0 fully saturated rings. The quantitative estimate of drug-likeness (QED) is 0.529. The van der Waals surface area contributed by atoms with Gasteiger partial charge in [0, 0.05) is 23.1 Å². The summed E-state index contributed by atoms with van der Waals surface area (Å²) in [5.41, 5.74) is 5.84. The third-order valence-electron chi connectivity index (χ3n) is 4.90. The van der Waals surface area contributed by atoms with Crippen molar-refractivity contribution in [2.45, 2.75) is 31.7 Å². The van der Waals surface area contributed by atoms with E-state index in [1.807, 2.05) is 24.3 Å². The maximum atomic E-state index is 12.6. The number of nitrogens with zero attached hydrogens (tertiary/aromatic N) is 1. The van der Waals surface area contributed by atoms with Gasteiger partial charge in [0.05, 0.1) is 16.3 Å². The Bertz CT molecular complexity index is 1080. The summed E-state index contributed by atoms with van der Waals surface area (Å²) < 4.78 is 0. The zero-order valence-electron chi connectivity index (χ0n) is 15.3. The monoisotopic (exact) mass is 376 g/mol.